The number of nitrogens with zero attached hydrogens (tertiary/aromatic N) is 1. The first-order valence-corrected chi connectivity index (χ1v) is 8.28. The fraction of sp³-hybridized carbons (Fsp3) is 0.200. The van der Waals surface area contributed by atoms with Crippen molar-refractivity contribution in [3.63, 3.8) is 0 Å². The van der Waals surface area contributed by atoms with Crippen LogP contribution >= 0.6 is 0 Å². The second-order valence-corrected chi connectivity index (χ2v) is 6.04. The molecule has 0 aliphatic heterocycles. The van der Waals surface area contributed by atoms with Crippen LogP contribution in [0.5, 0.6) is 0 Å². The van der Waals surface area contributed by atoms with Gasteiger partial charge in [0.05, 0.1) is 0 Å². The van der Waals surface area contributed by atoms with Crippen molar-refractivity contribution in [3.05, 3.63) is 65.9 Å². The van der Waals surface area contributed by atoms with Gasteiger partial charge in [-0.3, -0.25) is 4.79 Å². The lowest BCUT2D eigenvalue weighted by molar-refractivity contribution is -0.118. The molecule has 5 N–H and O–H groups in total. The van der Waals surface area contributed by atoms with Gasteiger partial charge in [-0.25, -0.2) is 0 Å². The zero-order valence-corrected chi connectivity index (χ0v) is 15.3. The zero-order valence-electron chi connectivity index (χ0n) is 15.3. The van der Waals surface area contributed by atoms with Crippen LogP contribution in [0, 0.1) is 5.41 Å². The van der Waals surface area contributed by atoms with Crippen molar-refractivity contribution in [3.8, 4) is 0 Å². The van der Waals surface area contributed by atoms with Gasteiger partial charge in [-0.05, 0) is 42.4 Å². The summed E-state index contributed by atoms with van der Waals surface area (Å²) in [4.78, 5) is 14.7. The summed E-state index contributed by atoms with van der Waals surface area (Å²) in [6.45, 7) is 0. The fourth-order valence-corrected chi connectivity index (χ4v) is 2.60. The summed E-state index contributed by atoms with van der Waals surface area (Å²) in [5, 5.41) is 13.3. The molecule has 2 rings (SSSR count). The second-order valence-electron chi connectivity index (χ2n) is 6.04. The average molecular weight is 351 g/mol. The average Bonchev–Trinajstić information content (AvgIpc) is 2.65. The summed E-state index contributed by atoms with van der Waals surface area (Å²) in [5.74, 6) is -0.139. The van der Waals surface area contributed by atoms with Gasteiger partial charge in [-0.2, -0.15) is 0 Å². The summed E-state index contributed by atoms with van der Waals surface area (Å²) in [5.41, 5.74) is 9.59. The Balaban J connectivity index is 2.12. The van der Waals surface area contributed by atoms with E-state index in [-0.39, 0.29) is 5.91 Å². The van der Waals surface area contributed by atoms with E-state index < -0.39 is 6.04 Å². The third kappa shape index (κ3) is 4.49. The van der Waals surface area contributed by atoms with Gasteiger partial charge in [0.1, 0.15) is 6.04 Å². The Labute approximate surface area is 154 Å². The number of benzene rings is 2. The summed E-state index contributed by atoms with van der Waals surface area (Å²) in [6.07, 6.45) is 2.58. The molecule has 0 saturated heterocycles. The molecule has 6 heteroatoms. The standard InChI is InChI=1S/C20H25N5O/c1-23-19(15-6-10-18(11-7-15)25(2)3)20(26)24-17-8-4-14(5-9-17)16(12-21)13-22/h4-13,19,21,23H,22H2,1-3H3,(H,24,26)/b16-13+,21-12?. The molecule has 0 aliphatic rings. The zero-order chi connectivity index (χ0) is 19.1. The Morgan fingerprint density at radius 2 is 1.73 bits per heavy atom. The maximum Gasteiger partial charge on any atom is 0.246 e. The number of allylic oxidation sites excluding steroid dienone is 1. The van der Waals surface area contributed by atoms with E-state index in [0.717, 1.165) is 16.8 Å². The Morgan fingerprint density at radius 3 is 2.19 bits per heavy atom. The molecule has 0 aromatic heterocycles. The number of rotatable bonds is 7. The van der Waals surface area contributed by atoms with E-state index in [1.165, 1.54) is 12.4 Å². The predicted molar refractivity (Wildman–Crippen MR) is 109 cm³/mol. The summed E-state index contributed by atoms with van der Waals surface area (Å²) in [7, 11) is 5.71. The Hall–Kier alpha value is -3.12. The van der Waals surface area contributed by atoms with Gasteiger partial charge in [0.15, 0.2) is 0 Å². The van der Waals surface area contributed by atoms with Gasteiger partial charge in [-0.1, -0.05) is 24.3 Å². The van der Waals surface area contributed by atoms with Gasteiger partial charge in [-0.15, -0.1) is 0 Å². The predicted octanol–water partition coefficient (Wildman–Crippen LogP) is 2.60. The smallest absolute Gasteiger partial charge is 0.246 e. The van der Waals surface area contributed by atoms with Gasteiger partial charge < -0.3 is 26.7 Å². The number of nitrogens with one attached hydrogen (secondary N) is 3. The maximum atomic E-state index is 12.6. The Morgan fingerprint density at radius 1 is 1.12 bits per heavy atom. The van der Waals surface area contributed by atoms with Gasteiger partial charge in [0, 0.05) is 43.5 Å². The van der Waals surface area contributed by atoms with Crippen LogP contribution in [0.4, 0.5) is 11.4 Å². The number of carbonyl (C=O) groups is 1. The summed E-state index contributed by atoms with van der Waals surface area (Å²) >= 11 is 0. The van der Waals surface area contributed by atoms with Gasteiger partial charge in [0.2, 0.25) is 5.91 Å². The molecule has 26 heavy (non-hydrogen) atoms. The first-order valence-electron chi connectivity index (χ1n) is 8.28. The molecule has 0 radical (unpaired) electrons. The monoisotopic (exact) mass is 351 g/mol. The van der Waals surface area contributed by atoms with Crippen molar-refractivity contribution in [2.45, 2.75) is 6.04 Å². The Kier molecular flexibility index (Phi) is 6.52. The first kappa shape index (κ1) is 19.2. The number of carbonyl (C=O) groups excluding carboxylic acids is 1. The summed E-state index contributed by atoms with van der Waals surface area (Å²) < 4.78 is 0. The molecule has 0 saturated carbocycles. The fourth-order valence-electron chi connectivity index (χ4n) is 2.60. The van der Waals surface area contributed by atoms with Crippen LogP contribution in [0.1, 0.15) is 17.2 Å². The van der Waals surface area contributed by atoms with E-state index in [1.807, 2.05) is 55.4 Å². The minimum absolute atomic E-state index is 0.139. The van der Waals surface area contributed by atoms with Crippen LogP contribution in [0.15, 0.2) is 54.7 Å². The molecule has 1 atom stereocenters. The number of likely N-dealkylation sites (N-methyl/N-ethyl adjacent to an activating group) is 1. The quantitative estimate of drug-likeness (QED) is 0.577. The number of nitrogens with two attached hydrogens (primary N) is 1. The lowest BCUT2D eigenvalue weighted by atomic mass is 10.0. The van der Waals surface area contributed by atoms with Crippen LogP contribution < -0.4 is 21.3 Å². The molecule has 0 bridgehead atoms. The third-order valence-electron chi connectivity index (χ3n) is 4.11. The van der Waals surface area contributed by atoms with Crippen molar-refractivity contribution < 1.29 is 4.79 Å². The van der Waals surface area contributed by atoms with E-state index in [9.17, 15) is 4.79 Å². The summed E-state index contributed by atoms with van der Waals surface area (Å²) in [6, 6.07) is 14.6. The van der Waals surface area contributed by atoms with Crippen molar-refractivity contribution in [2.24, 2.45) is 5.73 Å². The maximum absolute atomic E-state index is 12.6. The van der Waals surface area contributed by atoms with Crippen molar-refractivity contribution in [1.82, 2.24) is 5.32 Å². The minimum Gasteiger partial charge on any atom is -0.404 e. The highest BCUT2D eigenvalue weighted by molar-refractivity contribution is 6.08. The molecule has 6 nitrogen and oxygen atoms in total. The molecule has 2 aromatic carbocycles. The van der Waals surface area contributed by atoms with Crippen LogP contribution in [-0.4, -0.2) is 33.3 Å². The molecular weight excluding hydrogens is 326 g/mol. The van der Waals surface area contributed by atoms with E-state index in [2.05, 4.69) is 10.6 Å². The van der Waals surface area contributed by atoms with E-state index in [0.29, 0.717) is 11.3 Å². The molecule has 2 aromatic rings. The van der Waals surface area contributed by atoms with Crippen molar-refractivity contribution in [1.29, 1.82) is 5.41 Å². The molecule has 0 heterocycles. The van der Waals surface area contributed by atoms with Gasteiger partial charge in [0.25, 0.3) is 0 Å². The molecule has 136 valence electrons. The molecular formula is C20H25N5O. The largest absolute Gasteiger partial charge is 0.404 e. The normalized spacial score (nSPS) is 12.3. The van der Waals surface area contributed by atoms with Crippen LogP contribution in [0.3, 0.4) is 0 Å². The van der Waals surface area contributed by atoms with Crippen molar-refractivity contribution in [2.75, 3.05) is 31.4 Å². The van der Waals surface area contributed by atoms with Gasteiger partial charge >= 0.3 is 0 Å². The SMILES string of the molecule is CNC(C(=O)Nc1ccc(/C(C=N)=C/N)cc1)c1ccc(N(C)C)cc1. The Bertz CT molecular complexity index is 779. The van der Waals surface area contributed by atoms with E-state index in [1.54, 1.807) is 19.2 Å². The lowest BCUT2D eigenvalue weighted by Gasteiger charge is -2.18. The number of amides is 1. The number of hydrogen-bond donors (Lipinski definition) is 4. The van der Waals surface area contributed by atoms with Crippen molar-refractivity contribution >= 4 is 29.1 Å². The molecule has 0 aliphatic carbocycles. The van der Waals surface area contributed by atoms with Crippen LogP contribution in [0.25, 0.3) is 5.57 Å². The third-order valence-corrected chi connectivity index (χ3v) is 4.11. The molecule has 1 amide bonds. The molecule has 0 fully saturated rings. The highest BCUT2D eigenvalue weighted by Gasteiger charge is 2.18. The van der Waals surface area contributed by atoms with Crippen LogP contribution in [0.2, 0.25) is 0 Å². The highest BCUT2D eigenvalue weighted by Crippen LogP contribution is 2.20. The molecule has 1 unspecified atom stereocenters. The molecule has 0 spiro atoms. The van der Waals surface area contributed by atoms with Crippen LogP contribution in [-0.2, 0) is 4.79 Å². The van der Waals surface area contributed by atoms with E-state index >= 15 is 0 Å². The topological polar surface area (TPSA) is 94.2 Å². The lowest BCUT2D eigenvalue weighted by Crippen LogP contribution is -2.30. The van der Waals surface area contributed by atoms with E-state index in [4.69, 9.17) is 11.1 Å². The first-order chi connectivity index (χ1) is 12.5. The number of anilines is 2. The second kappa shape index (κ2) is 8.82. The highest BCUT2D eigenvalue weighted by atomic mass is 16.2. The number of hydrogen-bond acceptors (Lipinski definition) is 5. The minimum atomic E-state index is -0.452.